The second-order valence-corrected chi connectivity index (χ2v) is 9.72. The lowest BCUT2D eigenvalue weighted by Gasteiger charge is -2.17. The summed E-state index contributed by atoms with van der Waals surface area (Å²) in [6.45, 7) is -0.365. The van der Waals surface area contributed by atoms with Gasteiger partial charge in [0, 0.05) is 11.3 Å². The Bertz CT molecular complexity index is 1470. The summed E-state index contributed by atoms with van der Waals surface area (Å²) < 4.78 is 44.6. The Morgan fingerprint density at radius 3 is 2.51 bits per heavy atom. The number of furan rings is 1. The number of fused-ring (bicyclic) bond motifs is 1. The Balaban J connectivity index is 1.41. The molecular formula is C25H16F3N3O4S2. The molecule has 0 bridgehead atoms. The number of hydrogen-bond donors (Lipinski definition) is 1. The molecule has 2 aromatic carbocycles. The Morgan fingerprint density at radius 1 is 1.00 bits per heavy atom. The average molecular weight is 544 g/mol. The van der Waals surface area contributed by atoms with Crippen LogP contribution in [0, 0.1) is 0 Å². The number of anilines is 2. The first-order valence-corrected chi connectivity index (χ1v) is 12.0. The number of nitrogens with one attached hydrogen (secondary N) is 1. The number of thiocarbonyl (C=S) groups is 1. The van der Waals surface area contributed by atoms with Crippen molar-refractivity contribution in [3.8, 4) is 0 Å². The number of amides is 3. The van der Waals surface area contributed by atoms with Gasteiger partial charge in [0.1, 0.15) is 16.6 Å². The molecule has 3 heterocycles. The quantitative estimate of drug-likeness (QED) is 0.358. The molecule has 1 N–H and O–H groups in total. The number of thioether (sulfide) groups is 1. The van der Waals surface area contributed by atoms with Gasteiger partial charge in [0.25, 0.3) is 11.8 Å². The summed E-state index contributed by atoms with van der Waals surface area (Å²) in [5.74, 6) is -1.22. The topological polar surface area (TPSA) is 82.9 Å². The summed E-state index contributed by atoms with van der Waals surface area (Å²) in [6, 6.07) is 14.2. The Kier molecular flexibility index (Phi) is 6.38. The fourth-order valence-corrected chi connectivity index (χ4v) is 5.34. The van der Waals surface area contributed by atoms with Crippen molar-refractivity contribution < 1.29 is 32.0 Å². The zero-order valence-electron chi connectivity index (χ0n) is 18.7. The van der Waals surface area contributed by atoms with Crippen molar-refractivity contribution in [2.75, 3.05) is 16.8 Å². The summed E-state index contributed by atoms with van der Waals surface area (Å²) in [6.07, 6.45) is -3.09. The predicted octanol–water partition coefficient (Wildman–Crippen LogP) is 5.06. The smallest absolute Gasteiger partial charge is 0.416 e. The van der Waals surface area contributed by atoms with Crippen LogP contribution in [-0.2, 0) is 27.1 Å². The number of hydrogen-bond acceptors (Lipinski definition) is 6. The normalized spacial score (nSPS) is 17.5. The number of halogens is 3. The zero-order chi connectivity index (χ0) is 26.3. The fraction of sp³-hybridized carbons (Fsp3) is 0.120. The van der Waals surface area contributed by atoms with Crippen LogP contribution in [0.15, 0.2) is 76.2 Å². The van der Waals surface area contributed by atoms with Crippen molar-refractivity contribution in [2.24, 2.45) is 0 Å². The van der Waals surface area contributed by atoms with Gasteiger partial charge in [-0.3, -0.25) is 24.2 Å². The molecule has 7 nitrogen and oxygen atoms in total. The van der Waals surface area contributed by atoms with Gasteiger partial charge < -0.3 is 9.73 Å². The zero-order valence-corrected chi connectivity index (χ0v) is 20.4. The molecule has 2 aliphatic rings. The number of alkyl halides is 3. The monoisotopic (exact) mass is 543 g/mol. The minimum Gasteiger partial charge on any atom is -0.467 e. The van der Waals surface area contributed by atoms with Crippen LogP contribution in [0.2, 0.25) is 0 Å². The van der Waals surface area contributed by atoms with Crippen LogP contribution in [0.4, 0.5) is 24.5 Å². The Morgan fingerprint density at radius 2 is 1.78 bits per heavy atom. The SMILES string of the molecule is O=C(CN1C(=O)/C(=C2\SC(=S)N(Cc3ccco3)C2=O)c2ccccc21)Nc1cccc(C(F)(F)F)c1. The van der Waals surface area contributed by atoms with E-state index in [4.69, 9.17) is 16.6 Å². The number of rotatable bonds is 5. The molecular weight excluding hydrogens is 527 g/mol. The number of para-hydroxylation sites is 1. The first-order chi connectivity index (χ1) is 17.6. The van der Waals surface area contributed by atoms with Gasteiger partial charge in [-0.25, -0.2) is 0 Å². The van der Waals surface area contributed by atoms with E-state index in [1.807, 2.05) is 0 Å². The van der Waals surface area contributed by atoms with Crippen molar-refractivity contribution in [1.82, 2.24) is 4.90 Å². The van der Waals surface area contributed by atoms with Crippen LogP contribution in [-0.4, -0.2) is 33.5 Å². The molecule has 0 atom stereocenters. The molecule has 0 aliphatic carbocycles. The van der Waals surface area contributed by atoms with E-state index in [0.717, 1.165) is 23.9 Å². The van der Waals surface area contributed by atoms with Gasteiger partial charge >= 0.3 is 6.18 Å². The fourth-order valence-electron chi connectivity index (χ4n) is 4.02. The highest BCUT2D eigenvalue weighted by atomic mass is 32.2. The van der Waals surface area contributed by atoms with E-state index in [2.05, 4.69) is 5.32 Å². The number of benzene rings is 2. The van der Waals surface area contributed by atoms with E-state index in [1.165, 1.54) is 28.2 Å². The molecule has 1 fully saturated rings. The molecule has 3 amide bonds. The molecule has 12 heteroatoms. The van der Waals surface area contributed by atoms with Gasteiger partial charge in [-0.2, -0.15) is 13.2 Å². The second kappa shape index (κ2) is 9.52. The largest absolute Gasteiger partial charge is 0.467 e. The maximum Gasteiger partial charge on any atom is 0.416 e. The maximum atomic E-state index is 13.5. The summed E-state index contributed by atoms with van der Waals surface area (Å²) in [5.41, 5.74) is 0.00293. The van der Waals surface area contributed by atoms with Gasteiger partial charge in [0.15, 0.2) is 0 Å². The molecule has 1 aromatic heterocycles. The van der Waals surface area contributed by atoms with Crippen LogP contribution >= 0.6 is 24.0 Å². The molecule has 1 saturated heterocycles. The van der Waals surface area contributed by atoms with Gasteiger partial charge in [-0.1, -0.05) is 48.2 Å². The average Bonchev–Trinajstić information content (AvgIpc) is 3.53. The third-order valence-corrected chi connectivity index (χ3v) is 7.12. The summed E-state index contributed by atoms with van der Waals surface area (Å²) in [4.78, 5) is 42.1. The molecule has 2 aliphatic heterocycles. The molecule has 37 heavy (non-hydrogen) atoms. The van der Waals surface area contributed by atoms with Crippen LogP contribution < -0.4 is 10.2 Å². The number of carbonyl (C=O) groups is 3. The maximum absolute atomic E-state index is 13.5. The van der Waals surface area contributed by atoms with Crippen LogP contribution in [0.1, 0.15) is 16.9 Å². The van der Waals surface area contributed by atoms with Crippen molar-refractivity contribution in [3.63, 3.8) is 0 Å². The lowest BCUT2D eigenvalue weighted by molar-refractivity contribution is -0.137. The summed E-state index contributed by atoms with van der Waals surface area (Å²) in [7, 11) is 0. The predicted molar refractivity (Wildman–Crippen MR) is 135 cm³/mol. The first-order valence-electron chi connectivity index (χ1n) is 10.8. The number of carbonyl (C=O) groups excluding carboxylic acids is 3. The van der Waals surface area contributed by atoms with E-state index in [9.17, 15) is 27.6 Å². The highest BCUT2D eigenvalue weighted by Gasteiger charge is 2.42. The molecule has 5 rings (SSSR count). The van der Waals surface area contributed by atoms with Gasteiger partial charge in [0.2, 0.25) is 5.91 Å². The van der Waals surface area contributed by atoms with E-state index in [0.29, 0.717) is 17.0 Å². The minimum atomic E-state index is -4.57. The van der Waals surface area contributed by atoms with Crippen molar-refractivity contribution in [1.29, 1.82) is 0 Å². The molecule has 0 unspecified atom stereocenters. The van der Waals surface area contributed by atoms with Crippen molar-refractivity contribution in [3.05, 3.63) is 88.7 Å². The van der Waals surface area contributed by atoms with Crippen molar-refractivity contribution >= 4 is 63.0 Å². The van der Waals surface area contributed by atoms with Crippen LogP contribution in [0.3, 0.4) is 0 Å². The van der Waals surface area contributed by atoms with E-state index in [-0.39, 0.29) is 27.0 Å². The Labute approximate surface area is 217 Å². The molecule has 0 radical (unpaired) electrons. The van der Waals surface area contributed by atoms with Gasteiger partial charge in [-0.15, -0.1) is 0 Å². The lowest BCUT2D eigenvalue weighted by atomic mass is 10.1. The molecule has 3 aromatic rings. The van der Waals surface area contributed by atoms with Crippen LogP contribution in [0.25, 0.3) is 5.57 Å². The first kappa shape index (κ1) is 24.8. The highest BCUT2D eigenvalue weighted by molar-refractivity contribution is 8.26. The molecule has 188 valence electrons. The highest BCUT2D eigenvalue weighted by Crippen LogP contribution is 2.44. The van der Waals surface area contributed by atoms with Crippen molar-refractivity contribution in [2.45, 2.75) is 12.7 Å². The third kappa shape index (κ3) is 4.77. The lowest BCUT2D eigenvalue weighted by Crippen LogP contribution is -2.35. The van der Waals surface area contributed by atoms with Crippen LogP contribution in [0.5, 0.6) is 0 Å². The Hall–Kier alpha value is -3.90. The van der Waals surface area contributed by atoms with Gasteiger partial charge in [0.05, 0.1) is 34.5 Å². The third-order valence-electron chi connectivity index (χ3n) is 5.67. The van der Waals surface area contributed by atoms with E-state index >= 15 is 0 Å². The second-order valence-electron chi connectivity index (χ2n) is 8.08. The standard InChI is InChI=1S/C25H16F3N3O4S2/c26-25(27,28)14-5-3-6-15(11-14)29-19(32)13-30-18-9-2-1-8-17(18)20(22(30)33)21-23(34)31(24(36)37-21)12-16-7-4-10-35-16/h1-11H,12-13H2,(H,29,32)/b21-20-. The van der Waals surface area contributed by atoms with E-state index < -0.39 is 36.0 Å². The molecule has 0 spiro atoms. The summed E-state index contributed by atoms with van der Waals surface area (Å²) in [5, 5.41) is 2.40. The van der Waals surface area contributed by atoms with Gasteiger partial charge in [-0.05, 0) is 36.4 Å². The minimum absolute atomic E-state index is 0.0567. The molecule has 0 saturated carbocycles. The summed E-state index contributed by atoms with van der Waals surface area (Å²) >= 11 is 6.36. The van der Waals surface area contributed by atoms with E-state index in [1.54, 1.807) is 36.4 Å². The number of nitrogens with zero attached hydrogens (tertiary/aromatic N) is 2.